The summed E-state index contributed by atoms with van der Waals surface area (Å²) in [5.41, 5.74) is 3.24. The van der Waals surface area contributed by atoms with Crippen LogP contribution >= 0.6 is 11.6 Å². The SMILES string of the molecule is Cc1nn(Cc2ccc(F)cc2Cl)c(C)c1NC(=O)/C=C\c1ccc(OC(F)F)cc1. The van der Waals surface area contributed by atoms with Crippen LogP contribution in [0.4, 0.5) is 18.9 Å². The number of benzene rings is 2. The minimum Gasteiger partial charge on any atom is -0.435 e. The molecule has 3 aromatic rings. The van der Waals surface area contributed by atoms with Gasteiger partial charge in [0, 0.05) is 11.1 Å². The monoisotopic (exact) mass is 449 g/mol. The molecular weight excluding hydrogens is 431 g/mol. The van der Waals surface area contributed by atoms with E-state index in [-0.39, 0.29) is 11.7 Å². The molecule has 1 amide bonds. The van der Waals surface area contributed by atoms with Crippen molar-refractivity contribution < 1.29 is 22.7 Å². The maximum Gasteiger partial charge on any atom is 0.387 e. The molecule has 0 aliphatic rings. The fourth-order valence-corrected chi connectivity index (χ4v) is 3.17. The number of carbonyl (C=O) groups is 1. The van der Waals surface area contributed by atoms with Gasteiger partial charge in [-0.1, -0.05) is 29.8 Å². The van der Waals surface area contributed by atoms with E-state index in [9.17, 15) is 18.0 Å². The van der Waals surface area contributed by atoms with Crippen LogP contribution in [0.5, 0.6) is 5.75 Å². The molecule has 0 aliphatic heterocycles. The second-order valence-electron chi connectivity index (χ2n) is 6.71. The molecule has 1 N–H and O–H groups in total. The first kappa shape index (κ1) is 22.4. The van der Waals surface area contributed by atoms with Crippen molar-refractivity contribution in [2.75, 3.05) is 5.32 Å². The summed E-state index contributed by atoms with van der Waals surface area (Å²) in [7, 11) is 0. The van der Waals surface area contributed by atoms with Gasteiger partial charge in [-0.3, -0.25) is 9.48 Å². The molecule has 0 radical (unpaired) electrons. The molecule has 162 valence electrons. The highest BCUT2D eigenvalue weighted by atomic mass is 35.5. The number of rotatable bonds is 7. The quantitative estimate of drug-likeness (QED) is 0.478. The third kappa shape index (κ3) is 5.88. The van der Waals surface area contributed by atoms with E-state index in [1.165, 1.54) is 30.3 Å². The maximum absolute atomic E-state index is 13.2. The third-order valence-corrected chi connectivity index (χ3v) is 4.85. The summed E-state index contributed by atoms with van der Waals surface area (Å²) in [6.45, 7) is 0.999. The Morgan fingerprint density at radius 1 is 1.23 bits per heavy atom. The normalized spacial score (nSPS) is 11.3. The fraction of sp³-hybridized carbons (Fsp3) is 0.182. The number of aromatic nitrogens is 2. The lowest BCUT2D eigenvalue weighted by Crippen LogP contribution is -2.10. The van der Waals surface area contributed by atoms with Gasteiger partial charge in [0.1, 0.15) is 11.6 Å². The zero-order valence-electron chi connectivity index (χ0n) is 16.7. The van der Waals surface area contributed by atoms with Crippen molar-refractivity contribution in [3.63, 3.8) is 0 Å². The van der Waals surface area contributed by atoms with Gasteiger partial charge < -0.3 is 10.1 Å². The van der Waals surface area contributed by atoms with Gasteiger partial charge >= 0.3 is 6.61 Å². The van der Waals surface area contributed by atoms with Gasteiger partial charge in [-0.05, 0) is 55.3 Å². The van der Waals surface area contributed by atoms with Crippen molar-refractivity contribution in [2.24, 2.45) is 0 Å². The van der Waals surface area contributed by atoms with E-state index in [2.05, 4.69) is 15.2 Å². The number of nitrogens with one attached hydrogen (secondary N) is 1. The molecule has 0 atom stereocenters. The van der Waals surface area contributed by atoms with Crippen molar-refractivity contribution >= 4 is 29.3 Å². The summed E-state index contributed by atoms with van der Waals surface area (Å²) in [6.07, 6.45) is 2.88. The van der Waals surface area contributed by atoms with Crippen molar-refractivity contribution in [3.8, 4) is 5.75 Å². The van der Waals surface area contributed by atoms with Gasteiger partial charge in [-0.15, -0.1) is 0 Å². The Morgan fingerprint density at radius 3 is 2.58 bits per heavy atom. The fourth-order valence-electron chi connectivity index (χ4n) is 2.94. The van der Waals surface area contributed by atoms with Crippen LogP contribution in [0.15, 0.2) is 48.5 Å². The lowest BCUT2D eigenvalue weighted by Gasteiger charge is -2.08. The zero-order valence-corrected chi connectivity index (χ0v) is 17.5. The van der Waals surface area contributed by atoms with Crippen molar-refractivity contribution in [2.45, 2.75) is 27.0 Å². The van der Waals surface area contributed by atoms with Crippen LogP contribution in [0.1, 0.15) is 22.5 Å². The highest BCUT2D eigenvalue weighted by Crippen LogP contribution is 2.23. The lowest BCUT2D eigenvalue weighted by molar-refractivity contribution is -0.111. The second-order valence-corrected chi connectivity index (χ2v) is 7.12. The average molecular weight is 450 g/mol. The molecule has 0 saturated carbocycles. The highest BCUT2D eigenvalue weighted by Gasteiger charge is 2.14. The number of amides is 1. The summed E-state index contributed by atoms with van der Waals surface area (Å²) in [5, 5.41) is 7.51. The van der Waals surface area contributed by atoms with E-state index < -0.39 is 12.4 Å². The van der Waals surface area contributed by atoms with Crippen LogP contribution in [0.2, 0.25) is 5.02 Å². The standard InChI is InChI=1S/C22H19ClF3N3O2/c1-13-21(14(2)29(28-13)12-16-6-7-17(24)11-19(16)23)27-20(30)10-5-15-3-8-18(9-4-15)31-22(25)26/h3-11,22H,12H2,1-2H3,(H,27,30)/b10-5-. The van der Waals surface area contributed by atoms with Crippen LogP contribution < -0.4 is 10.1 Å². The number of hydrogen-bond donors (Lipinski definition) is 1. The molecule has 31 heavy (non-hydrogen) atoms. The summed E-state index contributed by atoms with van der Waals surface area (Å²) in [5.74, 6) is -0.756. The molecule has 5 nitrogen and oxygen atoms in total. The number of anilines is 1. The number of hydrogen-bond acceptors (Lipinski definition) is 3. The second kappa shape index (κ2) is 9.70. The Labute approximate surface area is 182 Å². The van der Waals surface area contributed by atoms with Gasteiger partial charge in [0.15, 0.2) is 0 Å². The molecule has 1 aromatic heterocycles. The summed E-state index contributed by atoms with van der Waals surface area (Å²) >= 11 is 6.09. The van der Waals surface area contributed by atoms with Gasteiger partial charge in [0.05, 0.1) is 23.6 Å². The molecule has 0 unspecified atom stereocenters. The Kier molecular flexibility index (Phi) is 7.02. The van der Waals surface area contributed by atoms with Crippen LogP contribution in [-0.2, 0) is 11.3 Å². The average Bonchev–Trinajstić information content (AvgIpc) is 2.96. The zero-order chi connectivity index (χ0) is 22.5. The van der Waals surface area contributed by atoms with Crippen LogP contribution in [0.3, 0.4) is 0 Å². The van der Waals surface area contributed by atoms with E-state index in [1.807, 2.05) is 0 Å². The van der Waals surface area contributed by atoms with Gasteiger partial charge in [0.2, 0.25) is 5.91 Å². The smallest absolute Gasteiger partial charge is 0.387 e. The van der Waals surface area contributed by atoms with Crippen molar-refractivity contribution in [3.05, 3.63) is 81.9 Å². The first-order valence-electron chi connectivity index (χ1n) is 9.25. The summed E-state index contributed by atoms with van der Waals surface area (Å²) in [4.78, 5) is 12.3. The van der Waals surface area contributed by atoms with E-state index in [4.69, 9.17) is 11.6 Å². The number of aryl methyl sites for hydroxylation is 1. The van der Waals surface area contributed by atoms with Crippen LogP contribution in [-0.4, -0.2) is 22.3 Å². The molecule has 0 aliphatic carbocycles. The largest absolute Gasteiger partial charge is 0.435 e. The van der Waals surface area contributed by atoms with Crippen LogP contribution in [0, 0.1) is 19.7 Å². The van der Waals surface area contributed by atoms with E-state index in [0.29, 0.717) is 39.8 Å². The minimum absolute atomic E-state index is 0.0384. The number of alkyl halides is 2. The number of nitrogens with zero attached hydrogens (tertiary/aromatic N) is 2. The van der Waals surface area contributed by atoms with Crippen LogP contribution in [0.25, 0.3) is 6.08 Å². The maximum atomic E-state index is 13.2. The molecule has 1 heterocycles. The topological polar surface area (TPSA) is 56.2 Å². The number of ether oxygens (including phenoxy) is 1. The van der Waals surface area contributed by atoms with Gasteiger partial charge in [-0.25, -0.2) is 4.39 Å². The third-order valence-electron chi connectivity index (χ3n) is 4.50. The Balaban J connectivity index is 1.68. The molecule has 3 rings (SSSR count). The van der Waals surface area contributed by atoms with Crippen molar-refractivity contribution in [1.82, 2.24) is 9.78 Å². The highest BCUT2D eigenvalue weighted by molar-refractivity contribution is 6.31. The Morgan fingerprint density at radius 2 is 1.94 bits per heavy atom. The minimum atomic E-state index is -2.89. The molecular formula is C22H19ClF3N3O2. The molecule has 9 heteroatoms. The van der Waals surface area contributed by atoms with E-state index in [1.54, 1.807) is 42.8 Å². The van der Waals surface area contributed by atoms with Gasteiger partial charge in [0.25, 0.3) is 0 Å². The first-order chi connectivity index (χ1) is 14.7. The predicted molar refractivity (Wildman–Crippen MR) is 113 cm³/mol. The molecule has 0 fully saturated rings. The molecule has 0 saturated heterocycles. The Hall–Kier alpha value is -3.26. The van der Waals surface area contributed by atoms with Gasteiger partial charge in [-0.2, -0.15) is 13.9 Å². The summed E-state index contributed by atoms with van der Waals surface area (Å²) < 4.78 is 43.6. The predicted octanol–water partition coefficient (Wildman–Crippen LogP) is 5.59. The number of carbonyl (C=O) groups excluding carboxylic acids is 1. The molecule has 2 aromatic carbocycles. The first-order valence-corrected chi connectivity index (χ1v) is 9.62. The molecule has 0 bridgehead atoms. The lowest BCUT2D eigenvalue weighted by atomic mass is 10.2. The molecule has 0 spiro atoms. The van der Waals surface area contributed by atoms with E-state index >= 15 is 0 Å². The summed E-state index contributed by atoms with van der Waals surface area (Å²) in [6, 6.07) is 10.1. The Bertz CT molecular complexity index is 1110. The number of halogens is 4. The van der Waals surface area contributed by atoms with Crippen molar-refractivity contribution in [1.29, 1.82) is 0 Å². The van der Waals surface area contributed by atoms with E-state index in [0.717, 1.165) is 0 Å².